The quantitative estimate of drug-likeness (QED) is 0.435. The summed E-state index contributed by atoms with van der Waals surface area (Å²) in [4.78, 5) is 15.5. The minimum atomic E-state index is -0.424. The predicted molar refractivity (Wildman–Crippen MR) is 131 cm³/mol. The molecule has 9 nitrogen and oxygen atoms in total. The number of hydrogen-bond acceptors (Lipinski definition) is 8. The molecule has 0 radical (unpaired) electrons. The molecule has 0 aliphatic carbocycles. The third kappa shape index (κ3) is 4.13. The maximum Gasteiger partial charge on any atom is 0.227 e. The Morgan fingerprint density at radius 1 is 1.17 bits per heavy atom. The van der Waals surface area contributed by atoms with Gasteiger partial charge in [0.05, 0.1) is 48.1 Å². The Labute approximate surface area is 205 Å². The normalized spacial score (nSPS) is 19.7. The second kappa shape index (κ2) is 8.95. The molecule has 6 rings (SSSR count). The summed E-state index contributed by atoms with van der Waals surface area (Å²) < 4.78 is 27.4. The van der Waals surface area contributed by atoms with Gasteiger partial charge < -0.3 is 25.0 Å². The number of hydrogen-bond donors (Lipinski definition) is 2. The predicted octanol–water partition coefficient (Wildman–Crippen LogP) is 3.51. The van der Waals surface area contributed by atoms with Crippen LogP contribution in [-0.2, 0) is 4.74 Å². The highest BCUT2D eigenvalue weighted by Crippen LogP contribution is 2.34. The standard InChI is InChI=1S/C24H23ClFN7O2/c1-34-21-5-4-14(32-12-15-8-27-9-16(13-32)35-15)7-19(21)30-24-29-10-17(25)22(31-24)20-11-28-23-18(26)3-2-6-33(20)23/h2-7,10-11,15-16,27H,8-9,12-13H2,1H3,(H,29,30,31). The first-order valence-corrected chi connectivity index (χ1v) is 11.7. The van der Waals surface area contributed by atoms with Crippen LogP contribution >= 0.6 is 11.6 Å². The van der Waals surface area contributed by atoms with Gasteiger partial charge >= 0.3 is 0 Å². The molecule has 35 heavy (non-hydrogen) atoms. The van der Waals surface area contributed by atoms with E-state index in [2.05, 4.69) is 30.5 Å². The van der Waals surface area contributed by atoms with Crippen molar-refractivity contribution in [1.82, 2.24) is 24.7 Å². The van der Waals surface area contributed by atoms with Crippen LogP contribution in [0.25, 0.3) is 17.0 Å². The van der Waals surface area contributed by atoms with E-state index in [1.165, 1.54) is 12.3 Å². The maximum atomic E-state index is 14.1. The topological polar surface area (TPSA) is 88.8 Å². The Kier molecular flexibility index (Phi) is 5.63. The fourth-order valence-electron chi connectivity index (χ4n) is 4.64. The number of morpholine rings is 2. The Balaban J connectivity index is 1.33. The smallest absolute Gasteiger partial charge is 0.227 e. The van der Waals surface area contributed by atoms with Crippen LogP contribution in [0, 0.1) is 5.82 Å². The fourth-order valence-corrected chi connectivity index (χ4v) is 4.82. The van der Waals surface area contributed by atoms with Crippen molar-refractivity contribution in [2.24, 2.45) is 0 Å². The Morgan fingerprint density at radius 3 is 2.80 bits per heavy atom. The van der Waals surface area contributed by atoms with Crippen LogP contribution in [0.2, 0.25) is 5.02 Å². The van der Waals surface area contributed by atoms with Crippen molar-refractivity contribution >= 4 is 34.6 Å². The molecule has 0 saturated carbocycles. The number of methoxy groups -OCH3 is 1. The molecule has 0 amide bonds. The molecule has 0 spiro atoms. The van der Waals surface area contributed by atoms with Gasteiger partial charge in [-0.1, -0.05) is 11.6 Å². The summed E-state index contributed by atoms with van der Waals surface area (Å²) in [5.41, 5.74) is 2.97. The van der Waals surface area contributed by atoms with Gasteiger partial charge in [-0.25, -0.2) is 19.3 Å². The van der Waals surface area contributed by atoms with Crippen LogP contribution in [-0.4, -0.2) is 64.8 Å². The van der Waals surface area contributed by atoms with E-state index in [0.29, 0.717) is 28.1 Å². The first-order chi connectivity index (χ1) is 17.1. The average Bonchev–Trinajstić information content (AvgIpc) is 3.30. The number of fused-ring (bicyclic) bond motifs is 3. The minimum Gasteiger partial charge on any atom is -0.495 e. The molecular formula is C24H23ClFN7O2. The van der Waals surface area contributed by atoms with Gasteiger partial charge in [-0.3, -0.25) is 4.40 Å². The van der Waals surface area contributed by atoms with Crippen molar-refractivity contribution in [1.29, 1.82) is 0 Å². The van der Waals surface area contributed by atoms with Crippen LogP contribution in [0.4, 0.5) is 21.7 Å². The van der Waals surface area contributed by atoms with E-state index in [4.69, 9.17) is 21.1 Å². The first kappa shape index (κ1) is 22.0. The molecule has 5 heterocycles. The SMILES string of the molecule is COc1ccc(N2CC3CNCC(C2)O3)cc1Nc1ncc(Cl)c(-c2cnc3c(F)cccn23)n1. The molecule has 2 aliphatic heterocycles. The Morgan fingerprint density at radius 2 is 2.00 bits per heavy atom. The van der Waals surface area contributed by atoms with Crippen molar-refractivity contribution in [3.63, 3.8) is 0 Å². The van der Waals surface area contributed by atoms with Gasteiger partial charge in [0.1, 0.15) is 11.4 Å². The van der Waals surface area contributed by atoms with Crippen LogP contribution < -0.4 is 20.3 Å². The monoisotopic (exact) mass is 495 g/mol. The number of rotatable bonds is 5. The summed E-state index contributed by atoms with van der Waals surface area (Å²) in [6.07, 6.45) is 5.10. The number of nitrogens with one attached hydrogen (secondary N) is 2. The molecule has 2 saturated heterocycles. The maximum absolute atomic E-state index is 14.1. The number of pyridine rings is 1. The summed E-state index contributed by atoms with van der Waals surface area (Å²) in [6.45, 7) is 3.31. The van der Waals surface area contributed by atoms with Gasteiger partial charge in [0, 0.05) is 38.1 Å². The highest BCUT2D eigenvalue weighted by Gasteiger charge is 2.31. The lowest BCUT2D eigenvalue weighted by Gasteiger charge is -2.43. The summed E-state index contributed by atoms with van der Waals surface area (Å²) in [5, 5.41) is 7.01. The van der Waals surface area contributed by atoms with E-state index in [9.17, 15) is 4.39 Å². The molecular weight excluding hydrogens is 473 g/mol. The fraction of sp³-hybridized carbons (Fsp3) is 0.292. The minimum absolute atomic E-state index is 0.165. The largest absolute Gasteiger partial charge is 0.495 e. The molecule has 2 bridgehead atoms. The first-order valence-electron chi connectivity index (χ1n) is 11.3. The molecule has 2 fully saturated rings. The number of anilines is 3. The molecule has 2 N–H and O–H groups in total. The molecule has 3 aromatic heterocycles. The van der Waals surface area contributed by atoms with Gasteiger partial charge in [0.25, 0.3) is 0 Å². The number of benzene rings is 1. The van der Waals surface area contributed by atoms with Crippen molar-refractivity contribution in [2.75, 3.05) is 43.5 Å². The van der Waals surface area contributed by atoms with E-state index in [-0.39, 0.29) is 17.9 Å². The zero-order valence-electron chi connectivity index (χ0n) is 18.9. The molecule has 11 heteroatoms. The number of imidazole rings is 1. The highest BCUT2D eigenvalue weighted by atomic mass is 35.5. The van der Waals surface area contributed by atoms with Gasteiger partial charge in [0.15, 0.2) is 11.5 Å². The summed E-state index contributed by atoms with van der Waals surface area (Å²) in [6, 6.07) is 8.95. The Hall–Kier alpha value is -3.47. The van der Waals surface area contributed by atoms with Gasteiger partial charge in [-0.15, -0.1) is 0 Å². The van der Waals surface area contributed by atoms with Crippen LogP contribution in [0.3, 0.4) is 0 Å². The van der Waals surface area contributed by atoms with E-state index >= 15 is 0 Å². The van der Waals surface area contributed by atoms with E-state index in [1.807, 2.05) is 18.2 Å². The highest BCUT2D eigenvalue weighted by molar-refractivity contribution is 6.32. The molecule has 2 aliphatic rings. The summed E-state index contributed by atoms with van der Waals surface area (Å²) in [7, 11) is 1.62. The lowest BCUT2D eigenvalue weighted by molar-refractivity contribution is -0.0483. The number of nitrogens with zero attached hydrogens (tertiary/aromatic N) is 5. The lowest BCUT2D eigenvalue weighted by atomic mass is 10.1. The molecule has 2 atom stereocenters. The molecule has 1 aromatic carbocycles. The number of aromatic nitrogens is 4. The number of halogens is 2. The second-order valence-electron chi connectivity index (χ2n) is 8.54. The van der Waals surface area contributed by atoms with Gasteiger partial charge in [-0.05, 0) is 30.3 Å². The average molecular weight is 496 g/mol. The third-order valence-corrected chi connectivity index (χ3v) is 6.52. The van der Waals surface area contributed by atoms with E-state index < -0.39 is 5.82 Å². The zero-order valence-corrected chi connectivity index (χ0v) is 19.7. The van der Waals surface area contributed by atoms with Crippen LogP contribution in [0.15, 0.2) is 48.9 Å². The lowest BCUT2D eigenvalue weighted by Crippen LogP contribution is -2.58. The van der Waals surface area contributed by atoms with Gasteiger partial charge in [-0.2, -0.15) is 0 Å². The van der Waals surface area contributed by atoms with Crippen molar-refractivity contribution < 1.29 is 13.9 Å². The molecule has 4 aromatic rings. The van der Waals surface area contributed by atoms with E-state index in [1.54, 1.807) is 30.0 Å². The zero-order chi connectivity index (χ0) is 23.9. The van der Waals surface area contributed by atoms with Gasteiger partial charge in [0.2, 0.25) is 5.95 Å². The van der Waals surface area contributed by atoms with Crippen LogP contribution in [0.1, 0.15) is 0 Å². The summed E-state index contributed by atoms with van der Waals surface area (Å²) in [5.74, 6) is 0.557. The van der Waals surface area contributed by atoms with Crippen molar-refractivity contribution in [3.05, 3.63) is 59.8 Å². The Bertz CT molecular complexity index is 1390. The van der Waals surface area contributed by atoms with Crippen molar-refractivity contribution in [2.45, 2.75) is 12.2 Å². The van der Waals surface area contributed by atoms with Crippen molar-refractivity contribution in [3.8, 4) is 17.1 Å². The molecule has 2 unspecified atom stereocenters. The van der Waals surface area contributed by atoms with Crippen LogP contribution in [0.5, 0.6) is 5.75 Å². The molecule has 180 valence electrons. The number of ether oxygens (including phenoxy) is 2. The third-order valence-electron chi connectivity index (χ3n) is 6.25. The summed E-state index contributed by atoms with van der Waals surface area (Å²) >= 11 is 6.43. The second-order valence-corrected chi connectivity index (χ2v) is 8.94. The van der Waals surface area contributed by atoms with E-state index in [0.717, 1.165) is 37.6 Å².